The molecule has 182 valence electrons. The molecule has 5 aliphatic rings. The SMILES string of the molecule is N#Cc1cn(C2CC2)c(=O)n(CC(=O)N(Cc2ccc(Cl)cc2)C23CC4CC(CC(C4)C2)C3)c1=O. The number of hydrogen-bond donors (Lipinski definition) is 0. The highest BCUT2D eigenvalue weighted by atomic mass is 35.5. The lowest BCUT2D eigenvalue weighted by atomic mass is 9.52. The quantitative estimate of drug-likeness (QED) is 0.612. The van der Waals surface area contributed by atoms with Crippen LogP contribution in [0.5, 0.6) is 0 Å². The maximum Gasteiger partial charge on any atom is 0.331 e. The number of hydrogen-bond acceptors (Lipinski definition) is 4. The highest BCUT2D eigenvalue weighted by Crippen LogP contribution is 2.58. The van der Waals surface area contributed by atoms with E-state index in [1.54, 1.807) is 0 Å². The minimum absolute atomic E-state index is 0.00451. The molecule has 5 aliphatic carbocycles. The third-order valence-electron chi connectivity index (χ3n) is 8.68. The number of rotatable bonds is 6. The monoisotopic (exact) mass is 492 g/mol. The van der Waals surface area contributed by atoms with Crippen molar-refractivity contribution in [3.63, 3.8) is 0 Å². The number of carbonyl (C=O) groups is 1. The summed E-state index contributed by atoms with van der Waals surface area (Å²) >= 11 is 6.10. The molecule has 0 N–H and O–H groups in total. The van der Waals surface area contributed by atoms with E-state index in [2.05, 4.69) is 0 Å². The summed E-state index contributed by atoms with van der Waals surface area (Å²) in [5, 5.41) is 10.1. The van der Waals surface area contributed by atoms with Crippen LogP contribution < -0.4 is 11.2 Å². The standard InChI is InChI=1S/C27H29ClN4O3/c28-22-3-1-17(2-4-22)14-32(27-10-18-7-19(11-27)9-20(8-18)12-27)24(33)16-31-25(34)21(13-29)15-30(26(31)35)23-5-6-23/h1-4,15,18-20,23H,5-12,14,16H2. The number of carbonyl (C=O) groups excluding carboxylic acids is 1. The topological polar surface area (TPSA) is 88.1 Å². The van der Waals surface area contributed by atoms with Crippen molar-refractivity contribution in [2.24, 2.45) is 17.8 Å². The molecule has 1 aromatic carbocycles. The van der Waals surface area contributed by atoms with Crippen molar-refractivity contribution >= 4 is 17.5 Å². The average Bonchev–Trinajstić information content (AvgIpc) is 3.66. The van der Waals surface area contributed by atoms with E-state index in [4.69, 9.17) is 11.6 Å². The third-order valence-corrected chi connectivity index (χ3v) is 8.94. The highest BCUT2D eigenvalue weighted by Gasteiger charge is 2.54. The van der Waals surface area contributed by atoms with Crippen molar-refractivity contribution in [1.82, 2.24) is 14.0 Å². The van der Waals surface area contributed by atoms with E-state index in [0.717, 1.165) is 42.2 Å². The largest absolute Gasteiger partial charge is 0.331 e. The van der Waals surface area contributed by atoms with Gasteiger partial charge in [-0.25, -0.2) is 9.36 Å². The molecule has 1 amide bonds. The molecule has 0 atom stereocenters. The fourth-order valence-electron chi connectivity index (χ4n) is 7.36. The van der Waals surface area contributed by atoms with E-state index < -0.39 is 11.2 Å². The van der Waals surface area contributed by atoms with Crippen molar-refractivity contribution in [3.8, 4) is 6.07 Å². The summed E-state index contributed by atoms with van der Waals surface area (Å²) in [5.41, 5.74) is -0.533. The third kappa shape index (κ3) is 4.02. The molecule has 1 aromatic heterocycles. The lowest BCUT2D eigenvalue weighted by Crippen LogP contribution is -2.62. The molecule has 2 aromatic rings. The molecule has 5 fully saturated rings. The summed E-state index contributed by atoms with van der Waals surface area (Å²) in [6.07, 6.45) is 9.73. The van der Waals surface area contributed by atoms with E-state index in [1.165, 1.54) is 30.0 Å². The zero-order valence-electron chi connectivity index (χ0n) is 19.7. The fourth-order valence-corrected chi connectivity index (χ4v) is 7.49. The number of aromatic nitrogens is 2. The van der Waals surface area contributed by atoms with E-state index in [-0.39, 0.29) is 29.6 Å². The van der Waals surface area contributed by atoms with Gasteiger partial charge in [-0.05, 0) is 86.8 Å². The van der Waals surface area contributed by atoms with Gasteiger partial charge in [-0.1, -0.05) is 23.7 Å². The van der Waals surface area contributed by atoms with Gasteiger partial charge in [0.05, 0.1) is 0 Å². The van der Waals surface area contributed by atoms with Gasteiger partial charge in [-0.15, -0.1) is 0 Å². The molecular formula is C27H29ClN4O3. The normalized spacial score (nSPS) is 28.6. The second kappa shape index (κ2) is 8.37. The van der Waals surface area contributed by atoms with Gasteiger partial charge >= 0.3 is 5.69 Å². The molecule has 35 heavy (non-hydrogen) atoms. The van der Waals surface area contributed by atoms with Crippen LogP contribution in [0.15, 0.2) is 40.1 Å². The average molecular weight is 493 g/mol. The number of benzene rings is 1. The van der Waals surface area contributed by atoms with E-state index >= 15 is 0 Å². The van der Waals surface area contributed by atoms with Crippen LogP contribution in [-0.4, -0.2) is 25.5 Å². The van der Waals surface area contributed by atoms with Gasteiger partial charge < -0.3 is 4.90 Å². The Morgan fingerprint density at radius 2 is 1.66 bits per heavy atom. The molecule has 7 rings (SSSR count). The zero-order chi connectivity index (χ0) is 24.3. The first-order valence-corrected chi connectivity index (χ1v) is 13.0. The lowest BCUT2D eigenvalue weighted by molar-refractivity contribution is -0.153. The lowest BCUT2D eigenvalue weighted by Gasteiger charge is -2.60. The van der Waals surface area contributed by atoms with Crippen LogP contribution in [0.1, 0.15) is 68.5 Å². The first-order chi connectivity index (χ1) is 16.8. The first kappa shape index (κ1) is 22.6. The van der Waals surface area contributed by atoms with Gasteiger partial charge in [0.1, 0.15) is 18.2 Å². The summed E-state index contributed by atoms with van der Waals surface area (Å²) in [4.78, 5) is 42.1. The Balaban J connectivity index is 1.38. The minimum atomic E-state index is -0.681. The first-order valence-electron chi connectivity index (χ1n) is 12.7. The minimum Gasteiger partial charge on any atom is -0.331 e. The number of halogens is 1. The van der Waals surface area contributed by atoms with Gasteiger partial charge in [-0.3, -0.25) is 14.2 Å². The van der Waals surface area contributed by atoms with Crippen molar-refractivity contribution < 1.29 is 4.79 Å². The molecule has 4 bridgehead atoms. The van der Waals surface area contributed by atoms with Crippen LogP contribution in [0.4, 0.5) is 0 Å². The molecule has 7 nitrogen and oxygen atoms in total. The van der Waals surface area contributed by atoms with Crippen LogP contribution in [-0.2, 0) is 17.9 Å². The highest BCUT2D eigenvalue weighted by molar-refractivity contribution is 6.30. The summed E-state index contributed by atoms with van der Waals surface area (Å²) in [6, 6.07) is 9.44. The van der Waals surface area contributed by atoms with E-state index in [1.807, 2.05) is 35.2 Å². The second-order valence-corrected chi connectivity index (χ2v) is 11.7. The fraction of sp³-hybridized carbons (Fsp3) is 0.556. The summed E-state index contributed by atoms with van der Waals surface area (Å²) in [6.45, 7) is 0.0842. The molecule has 1 heterocycles. The van der Waals surface area contributed by atoms with Crippen molar-refractivity contribution in [1.29, 1.82) is 5.26 Å². The summed E-state index contributed by atoms with van der Waals surface area (Å²) in [7, 11) is 0. The Bertz CT molecular complexity index is 1300. The number of nitriles is 1. The number of nitrogens with zero attached hydrogens (tertiary/aromatic N) is 4. The van der Waals surface area contributed by atoms with E-state index in [9.17, 15) is 19.6 Å². The second-order valence-electron chi connectivity index (χ2n) is 11.2. The maximum atomic E-state index is 14.0. The van der Waals surface area contributed by atoms with Gasteiger partial charge in [-0.2, -0.15) is 5.26 Å². The Morgan fingerprint density at radius 1 is 1.06 bits per heavy atom. The van der Waals surface area contributed by atoms with Crippen LogP contribution in [0.3, 0.4) is 0 Å². The molecule has 0 aliphatic heterocycles. The molecule has 5 saturated carbocycles. The molecule has 0 unspecified atom stereocenters. The van der Waals surface area contributed by atoms with Gasteiger partial charge in [0.15, 0.2) is 0 Å². The molecular weight excluding hydrogens is 464 g/mol. The Kier molecular flexibility index (Phi) is 5.41. The van der Waals surface area contributed by atoms with Crippen molar-refractivity contribution in [2.75, 3.05) is 0 Å². The van der Waals surface area contributed by atoms with Crippen LogP contribution in [0.25, 0.3) is 0 Å². The Hall–Kier alpha value is -2.85. The predicted octanol–water partition coefficient (Wildman–Crippen LogP) is 3.87. The molecule has 0 saturated heterocycles. The van der Waals surface area contributed by atoms with Gasteiger partial charge in [0.2, 0.25) is 5.91 Å². The van der Waals surface area contributed by atoms with Crippen molar-refractivity contribution in [2.45, 2.75) is 76.0 Å². The Labute approximate surface area is 208 Å². The molecule has 8 heteroatoms. The van der Waals surface area contributed by atoms with Crippen LogP contribution in [0.2, 0.25) is 5.02 Å². The smallest absolute Gasteiger partial charge is 0.331 e. The summed E-state index contributed by atoms with van der Waals surface area (Å²) in [5.74, 6) is 1.69. The van der Waals surface area contributed by atoms with Crippen molar-refractivity contribution in [3.05, 3.63) is 67.4 Å². The van der Waals surface area contributed by atoms with E-state index in [0.29, 0.717) is 29.3 Å². The van der Waals surface area contributed by atoms with Gasteiger partial charge in [0.25, 0.3) is 5.56 Å². The van der Waals surface area contributed by atoms with Crippen LogP contribution >= 0.6 is 11.6 Å². The zero-order valence-corrected chi connectivity index (χ0v) is 20.4. The number of amides is 1. The maximum absolute atomic E-state index is 14.0. The molecule has 0 spiro atoms. The Morgan fingerprint density at radius 3 is 2.20 bits per heavy atom. The predicted molar refractivity (Wildman–Crippen MR) is 131 cm³/mol. The summed E-state index contributed by atoms with van der Waals surface area (Å²) < 4.78 is 2.44. The van der Waals surface area contributed by atoms with Crippen LogP contribution in [0, 0.1) is 29.1 Å². The molecule has 0 radical (unpaired) electrons. The van der Waals surface area contributed by atoms with Gasteiger partial charge in [0, 0.05) is 29.3 Å².